The van der Waals surface area contributed by atoms with Crippen molar-refractivity contribution in [2.75, 3.05) is 11.9 Å². The Balaban J connectivity index is 1.87. The van der Waals surface area contributed by atoms with E-state index in [9.17, 15) is 9.59 Å². The summed E-state index contributed by atoms with van der Waals surface area (Å²) in [5.41, 5.74) is 1.34. The van der Waals surface area contributed by atoms with Crippen molar-refractivity contribution >= 4 is 29.2 Å². The van der Waals surface area contributed by atoms with Crippen LogP contribution in [0.1, 0.15) is 18.9 Å². The number of carbonyl (C=O) groups excluding carboxylic acids is 2. The zero-order valence-corrected chi connectivity index (χ0v) is 14.9. The molecule has 1 amide bonds. The molecule has 0 fully saturated rings. The number of carbonyl (C=O) groups is 2. The summed E-state index contributed by atoms with van der Waals surface area (Å²) in [6, 6.07) is 14.2. The Hall–Kier alpha value is -2.53. The average molecular weight is 362 g/mol. The van der Waals surface area contributed by atoms with E-state index in [1.165, 1.54) is 0 Å². The average Bonchev–Trinajstić information content (AvgIpc) is 2.62. The highest BCUT2D eigenvalue weighted by Gasteiger charge is 2.21. The second-order valence-corrected chi connectivity index (χ2v) is 5.80. The van der Waals surface area contributed by atoms with Gasteiger partial charge in [-0.25, -0.2) is 4.79 Å². The number of benzene rings is 2. The number of halogens is 1. The van der Waals surface area contributed by atoms with Crippen molar-refractivity contribution in [3.05, 3.63) is 59.1 Å². The number of esters is 1. The van der Waals surface area contributed by atoms with Gasteiger partial charge in [0.05, 0.1) is 0 Å². The first-order chi connectivity index (χ1) is 12.0. The lowest BCUT2D eigenvalue weighted by Gasteiger charge is -2.16. The van der Waals surface area contributed by atoms with Crippen LogP contribution in [0.25, 0.3) is 0 Å². The predicted molar refractivity (Wildman–Crippen MR) is 96.9 cm³/mol. The standard InChI is InChI=1S/C19H20ClNO4/c1-3-17(25-14-8-5-4-6-9-14)19(23)24-12-18(22)21-16-11-7-10-15(20)13(16)2/h4-11,17H,3,12H2,1-2H3,(H,21,22)/t17-/m0/s1. The summed E-state index contributed by atoms with van der Waals surface area (Å²) in [6.45, 7) is 3.22. The fourth-order valence-electron chi connectivity index (χ4n) is 2.12. The summed E-state index contributed by atoms with van der Waals surface area (Å²) in [6.07, 6.45) is -0.328. The van der Waals surface area contributed by atoms with Gasteiger partial charge in [0.2, 0.25) is 0 Å². The Morgan fingerprint density at radius 1 is 1.12 bits per heavy atom. The molecule has 0 aromatic heterocycles. The van der Waals surface area contributed by atoms with Crippen LogP contribution in [0, 0.1) is 6.92 Å². The van der Waals surface area contributed by atoms with Crippen molar-refractivity contribution in [2.24, 2.45) is 0 Å². The van der Waals surface area contributed by atoms with Crippen LogP contribution in [0.3, 0.4) is 0 Å². The number of para-hydroxylation sites is 1. The molecule has 1 N–H and O–H groups in total. The maximum Gasteiger partial charge on any atom is 0.347 e. The Labute approximate surface area is 151 Å². The van der Waals surface area contributed by atoms with E-state index in [-0.39, 0.29) is 6.61 Å². The van der Waals surface area contributed by atoms with E-state index < -0.39 is 18.0 Å². The summed E-state index contributed by atoms with van der Waals surface area (Å²) in [5, 5.41) is 3.22. The fourth-order valence-corrected chi connectivity index (χ4v) is 2.29. The monoisotopic (exact) mass is 361 g/mol. The van der Waals surface area contributed by atoms with Crippen LogP contribution >= 0.6 is 11.6 Å². The largest absolute Gasteiger partial charge is 0.479 e. The zero-order chi connectivity index (χ0) is 18.2. The minimum Gasteiger partial charge on any atom is -0.479 e. The summed E-state index contributed by atoms with van der Waals surface area (Å²) < 4.78 is 10.6. The van der Waals surface area contributed by atoms with E-state index in [1.54, 1.807) is 37.3 Å². The molecule has 6 heteroatoms. The normalized spacial score (nSPS) is 11.5. The summed E-state index contributed by atoms with van der Waals surface area (Å²) in [4.78, 5) is 24.1. The third-order valence-corrected chi connectivity index (χ3v) is 3.95. The van der Waals surface area contributed by atoms with Crippen LogP contribution < -0.4 is 10.1 Å². The highest BCUT2D eigenvalue weighted by atomic mass is 35.5. The molecule has 0 unspecified atom stereocenters. The lowest BCUT2D eigenvalue weighted by atomic mass is 10.2. The van der Waals surface area contributed by atoms with Crippen molar-refractivity contribution in [1.29, 1.82) is 0 Å². The molecule has 0 aliphatic carbocycles. The molecule has 25 heavy (non-hydrogen) atoms. The van der Waals surface area contributed by atoms with Gasteiger partial charge < -0.3 is 14.8 Å². The first-order valence-corrected chi connectivity index (χ1v) is 8.32. The van der Waals surface area contributed by atoms with E-state index in [0.29, 0.717) is 22.9 Å². The molecule has 0 saturated heterocycles. The highest BCUT2D eigenvalue weighted by Crippen LogP contribution is 2.22. The Bertz CT molecular complexity index is 733. The van der Waals surface area contributed by atoms with Gasteiger partial charge >= 0.3 is 5.97 Å². The van der Waals surface area contributed by atoms with Gasteiger partial charge in [0.1, 0.15) is 5.75 Å². The van der Waals surface area contributed by atoms with E-state index in [4.69, 9.17) is 21.1 Å². The lowest BCUT2D eigenvalue weighted by Crippen LogP contribution is -2.31. The first kappa shape index (κ1) is 18.8. The zero-order valence-electron chi connectivity index (χ0n) is 14.1. The first-order valence-electron chi connectivity index (χ1n) is 7.94. The number of rotatable bonds is 7. The van der Waals surface area contributed by atoms with Crippen LogP contribution in [0.5, 0.6) is 5.75 Å². The van der Waals surface area contributed by atoms with Crippen molar-refractivity contribution in [1.82, 2.24) is 0 Å². The summed E-state index contributed by atoms with van der Waals surface area (Å²) >= 11 is 6.01. The van der Waals surface area contributed by atoms with Gasteiger partial charge in [-0.3, -0.25) is 4.79 Å². The van der Waals surface area contributed by atoms with Crippen molar-refractivity contribution in [2.45, 2.75) is 26.4 Å². The van der Waals surface area contributed by atoms with Gasteiger partial charge in [-0.1, -0.05) is 42.8 Å². The minimum absolute atomic E-state index is 0.389. The molecule has 0 aliphatic heterocycles. The quantitative estimate of drug-likeness (QED) is 0.757. The maximum atomic E-state index is 12.1. The van der Waals surface area contributed by atoms with E-state index >= 15 is 0 Å². The molecule has 0 saturated carbocycles. The van der Waals surface area contributed by atoms with E-state index in [0.717, 1.165) is 5.56 Å². The third kappa shape index (κ3) is 5.50. The van der Waals surface area contributed by atoms with Crippen LogP contribution in [-0.4, -0.2) is 24.6 Å². The van der Waals surface area contributed by atoms with Crippen molar-refractivity contribution < 1.29 is 19.1 Å². The SMILES string of the molecule is CC[C@H](Oc1ccccc1)C(=O)OCC(=O)Nc1cccc(Cl)c1C. The molecule has 2 aromatic carbocycles. The molecule has 2 aromatic rings. The molecular formula is C19H20ClNO4. The second kappa shape index (κ2) is 9.08. The molecule has 0 aliphatic rings. The summed E-state index contributed by atoms with van der Waals surface area (Å²) in [5.74, 6) is -0.442. The fraction of sp³-hybridized carbons (Fsp3) is 0.263. The number of nitrogens with one attached hydrogen (secondary N) is 1. The van der Waals surface area contributed by atoms with Crippen LogP contribution in [0.2, 0.25) is 5.02 Å². The number of anilines is 1. The molecule has 0 heterocycles. The number of hydrogen-bond donors (Lipinski definition) is 1. The Morgan fingerprint density at radius 2 is 1.84 bits per heavy atom. The number of ether oxygens (including phenoxy) is 2. The molecule has 0 bridgehead atoms. The van der Waals surface area contributed by atoms with Crippen LogP contribution in [0.15, 0.2) is 48.5 Å². The van der Waals surface area contributed by atoms with Crippen LogP contribution in [0.4, 0.5) is 5.69 Å². The molecule has 2 rings (SSSR count). The van der Waals surface area contributed by atoms with E-state index in [1.807, 2.05) is 25.1 Å². The van der Waals surface area contributed by atoms with Crippen molar-refractivity contribution in [3.63, 3.8) is 0 Å². The topological polar surface area (TPSA) is 64.6 Å². The smallest absolute Gasteiger partial charge is 0.347 e. The molecule has 5 nitrogen and oxygen atoms in total. The molecule has 1 atom stereocenters. The molecule has 0 spiro atoms. The highest BCUT2D eigenvalue weighted by molar-refractivity contribution is 6.31. The van der Waals surface area contributed by atoms with Gasteiger partial charge in [-0.05, 0) is 43.2 Å². The molecular weight excluding hydrogens is 342 g/mol. The Kier molecular flexibility index (Phi) is 6.83. The van der Waals surface area contributed by atoms with Gasteiger partial charge in [-0.2, -0.15) is 0 Å². The minimum atomic E-state index is -0.761. The molecule has 132 valence electrons. The molecule has 0 radical (unpaired) electrons. The predicted octanol–water partition coefficient (Wildman–Crippen LogP) is 3.99. The lowest BCUT2D eigenvalue weighted by molar-refractivity contribution is -0.154. The van der Waals surface area contributed by atoms with E-state index in [2.05, 4.69) is 5.32 Å². The van der Waals surface area contributed by atoms with Gasteiger partial charge in [0.15, 0.2) is 12.7 Å². The second-order valence-electron chi connectivity index (χ2n) is 5.40. The van der Waals surface area contributed by atoms with Crippen molar-refractivity contribution in [3.8, 4) is 5.75 Å². The third-order valence-electron chi connectivity index (χ3n) is 3.54. The van der Waals surface area contributed by atoms with Crippen LogP contribution in [-0.2, 0) is 14.3 Å². The van der Waals surface area contributed by atoms with Gasteiger partial charge in [0, 0.05) is 10.7 Å². The van der Waals surface area contributed by atoms with Gasteiger partial charge in [0.25, 0.3) is 5.91 Å². The van der Waals surface area contributed by atoms with Gasteiger partial charge in [-0.15, -0.1) is 0 Å². The summed E-state index contributed by atoms with van der Waals surface area (Å²) in [7, 11) is 0. The number of hydrogen-bond acceptors (Lipinski definition) is 4. The maximum absolute atomic E-state index is 12.1. The Morgan fingerprint density at radius 3 is 2.52 bits per heavy atom. The number of amides is 1.